The Morgan fingerprint density at radius 1 is 0.676 bits per heavy atom. The van der Waals surface area contributed by atoms with E-state index in [9.17, 15) is 29.1 Å². The number of carbonyl (C=O) groups excluding carboxylic acids is 7. The highest BCUT2D eigenvalue weighted by atomic mass is 16.6. The number of likely N-dealkylation sites (N-methyl/N-ethyl adjacent to an activating group) is 1. The maximum Gasteiger partial charge on any atom is 0.408 e. The quantitative estimate of drug-likeness (QED) is 0.0185. The van der Waals surface area contributed by atoms with E-state index in [2.05, 4.69) is 43.7 Å². The van der Waals surface area contributed by atoms with Gasteiger partial charge in [-0.2, -0.15) is 0 Å². The second kappa shape index (κ2) is 43.3. The minimum atomic E-state index is -2.19. The van der Waals surface area contributed by atoms with Crippen LogP contribution in [0.25, 0.3) is 0 Å². The summed E-state index contributed by atoms with van der Waals surface area (Å²) in [5.41, 5.74) is -6.10. The molecule has 6 rings (SSSR count). The molecule has 2 bridgehead atoms. The number of nitrogens with zero attached hydrogens (tertiary/aromatic N) is 1. The number of benzene rings is 2. The van der Waals surface area contributed by atoms with Crippen molar-refractivity contribution in [2.24, 2.45) is 28.6 Å². The summed E-state index contributed by atoms with van der Waals surface area (Å²) in [6.07, 6.45) is 36.0. The van der Waals surface area contributed by atoms with E-state index < -0.39 is 119 Å². The standard InChI is InChI=1S/C88H139N3O14/c1-14-16-18-20-22-24-26-28-30-32-34-36-38-40-42-50-59-91(13,60-51-43-41-39-37-35-33-31-29-27-25-23-21-19-17-15-2)61-58-89-73(93)56-57-74(94)102-77(76(69-52-46-44-47-53-69)90-83(98)105-84(7,8)9)82(97)101-71-63-88(99)80(103-81(96)70-54-48-45-49-55-70)78-86(12,79(95)67(5)75(66(71)4)85(88,10)11)65(3)62-72-87(78,64-100-72)104-68(6)92/h28,30,44-49,52-55,65,67,71-72,76-78,80,99H,14-27,29,31-43,50-51,56-64H2,1-13H3,(H-,89,90,93,98)/p+1/b30-28-/t65-,67+,71-,72+,76-,77+,78-,80-,86+,87-,88+,91?/m0/s1. The van der Waals surface area contributed by atoms with Gasteiger partial charge in [-0.3, -0.25) is 19.2 Å². The van der Waals surface area contributed by atoms with Crippen LogP contribution in [0.5, 0.6) is 0 Å². The van der Waals surface area contributed by atoms with Crippen LogP contribution in [0.15, 0.2) is 84.0 Å². The monoisotopic (exact) mass is 1460 g/mol. The zero-order valence-electron chi connectivity index (χ0n) is 67.3. The van der Waals surface area contributed by atoms with Crippen molar-refractivity contribution in [1.29, 1.82) is 0 Å². The molecule has 4 aliphatic rings. The second-order valence-electron chi connectivity index (χ2n) is 33.6. The van der Waals surface area contributed by atoms with Crippen LogP contribution in [0.2, 0.25) is 0 Å². The predicted molar refractivity (Wildman–Crippen MR) is 416 cm³/mol. The van der Waals surface area contributed by atoms with Crippen LogP contribution < -0.4 is 10.6 Å². The SMILES string of the molecule is CCCCCCCC/C=C\CCCCCCCC[N+](C)(CCCCCCCCCCCCCCCCCC)CCNC(=O)CCC(=O)O[C@@H](C(=O)O[C@H]1C[C@@]2(O)[C@@H](OC(=O)c3ccccc3)[C@@H]3[C@]4(OC(C)=O)CO[C@@H]4C[C@H](C)[C@@]3(C)C(=O)[C@H](C)C(=C1C)C2(C)C)[C@@H](NC(=O)OC(C)(C)C)c1ccccc1. The lowest BCUT2D eigenvalue weighted by Gasteiger charge is -2.68. The number of hydrogen-bond donors (Lipinski definition) is 3. The lowest BCUT2D eigenvalue weighted by molar-refractivity contribution is -0.908. The Balaban J connectivity index is 1.17. The van der Waals surface area contributed by atoms with Crippen molar-refractivity contribution in [1.82, 2.24) is 10.6 Å². The first-order valence-corrected chi connectivity index (χ1v) is 41.3. The minimum Gasteiger partial charge on any atom is -0.455 e. The Kier molecular flexibility index (Phi) is 36.3. The molecular formula is C88H140N3O14+. The van der Waals surface area contributed by atoms with Crippen molar-refractivity contribution in [3.63, 3.8) is 0 Å². The summed E-state index contributed by atoms with van der Waals surface area (Å²) in [6.45, 7) is 24.7. The number of ketones is 1. The number of alkyl carbamates (subject to hydrolysis) is 1. The van der Waals surface area contributed by atoms with Gasteiger partial charge in [0.05, 0.1) is 57.7 Å². The van der Waals surface area contributed by atoms with E-state index in [0.29, 0.717) is 29.7 Å². The molecule has 2 aromatic carbocycles. The molecule has 3 aliphatic carbocycles. The van der Waals surface area contributed by atoms with Crippen LogP contribution >= 0.6 is 0 Å². The van der Waals surface area contributed by atoms with Gasteiger partial charge in [-0.25, -0.2) is 14.4 Å². The van der Waals surface area contributed by atoms with Gasteiger partial charge < -0.3 is 48.6 Å². The third kappa shape index (κ3) is 25.6. The van der Waals surface area contributed by atoms with Crippen molar-refractivity contribution in [2.45, 2.75) is 349 Å². The van der Waals surface area contributed by atoms with Crippen LogP contribution in [0.4, 0.5) is 4.79 Å². The molecule has 3 N–H and O–H groups in total. The van der Waals surface area contributed by atoms with Gasteiger partial charge in [-0.1, -0.05) is 250 Å². The Bertz CT molecular complexity index is 3070. The summed E-state index contributed by atoms with van der Waals surface area (Å²) in [4.78, 5) is 102. The minimum absolute atomic E-state index is 0.140. The molecular weight excluding hydrogens is 1320 g/mol. The maximum atomic E-state index is 15.9. The number of aliphatic hydroxyl groups is 1. The first-order valence-electron chi connectivity index (χ1n) is 41.3. The molecule has 1 aliphatic heterocycles. The molecule has 17 nitrogen and oxygen atoms in total. The number of carbonyl (C=O) groups is 7. The number of ether oxygens (including phenoxy) is 6. The number of hydrogen-bond acceptors (Lipinski definition) is 14. The summed E-state index contributed by atoms with van der Waals surface area (Å²) in [7, 11) is 2.31. The van der Waals surface area contributed by atoms with Gasteiger partial charge in [0.1, 0.15) is 41.3 Å². The normalized spacial score (nSPS) is 24.5. The van der Waals surface area contributed by atoms with E-state index in [1.54, 1.807) is 116 Å². The highest BCUT2D eigenvalue weighted by Gasteiger charge is 2.77. The summed E-state index contributed by atoms with van der Waals surface area (Å²) in [6, 6.07) is 15.3. The van der Waals surface area contributed by atoms with E-state index in [1.807, 2.05) is 6.92 Å². The number of nitrogens with one attached hydrogen (secondary N) is 2. The third-order valence-electron chi connectivity index (χ3n) is 23.9. The molecule has 105 heavy (non-hydrogen) atoms. The van der Waals surface area contributed by atoms with E-state index in [0.717, 1.165) is 43.4 Å². The van der Waals surface area contributed by atoms with Crippen LogP contribution in [-0.2, 0) is 52.4 Å². The average Bonchev–Trinajstić information content (AvgIpc) is 0.670. The number of unbranched alkanes of at least 4 members (excludes halogenated alkanes) is 27. The number of quaternary nitrogens is 1. The molecule has 1 unspecified atom stereocenters. The summed E-state index contributed by atoms with van der Waals surface area (Å²) in [5, 5.41) is 20.1. The molecule has 2 aromatic rings. The molecule has 0 radical (unpaired) electrons. The molecule has 0 aromatic heterocycles. The van der Waals surface area contributed by atoms with Gasteiger partial charge in [0.25, 0.3) is 0 Å². The number of fused-ring (bicyclic) bond motifs is 5. The maximum absolute atomic E-state index is 15.9. The first kappa shape index (κ1) is 88.0. The van der Waals surface area contributed by atoms with Crippen molar-refractivity contribution in [2.75, 3.05) is 39.8 Å². The molecule has 590 valence electrons. The van der Waals surface area contributed by atoms with Gasteiger partial charge in [0, 0.05) is 36.5 Å². The Hall–Kier alpha value is -5.91. The first-order chi connectivity index (χ1) is 50.1. The van der Waals surface area contributed by atoms with E-state index >= 15 is 9.59 Å². The lowest BCUT2D eigenvalue weighted by atomic mass is 9.42. The second-order valence-corrected chi connectivity index (χ2v) is 33.6. The number of amides is 2. The van der Waals surface area contributed by atoms with Gasteiger partial charge >= 0.3 is 30.0 Å². The highest BCUT2D eigenvalue weighted by molar-refractivity contribution is 5.92. The zero-order valence-corrected chi connectivity index (χ0v) is 67.3. The Morgan fingerprint density at radius 2 is 1.17 bits per heavy atom. The van der Waals surface area contributed by atoms with E-state index in [-0.39, 0.29) is 30.3 Å². The third-order valence-corrected chi connectivity index (χ3v) is 23.9. The number of rotatable bonds is 48. The lowest BCUT2D eigenvalue weighted by Crippen LogP contribution is -2.80. The fourth-order valence-corrected chi connectivity index (χ4v) is 17.5. The molecule has 1 saturated heterocycles. The van der Waals surface area contributed by atoms with Gasteiger partial charge in [0.2, 0.25) is 12.0 Å². The predicted octanol–water partition coefficient (Wildman–Crippen LogP) is 19.0. The van der Waals surface area contributed by atoms with Crippen LogP contribution in [0.1, 0.15) is 323 Å². The molecule has 1 heterocycles. The van der Waals surface area contributed by atoms with Crippen molar-refractivity contribution < 1.29 is 71.6 Å². The fraction of sp³-hybridized carbons (Fsp3) is 0.739. The smallest absolute Gasteiger partial charge is 0.408 e. The molecule has 2 saturated carbocycles. The average molecular weight is 1460 g/mol. The van der Waals surface area contributed by atoms with Crippen molar-refractivity contribution >= 4 is 41.7 Å². The van der Waals surface area contributed by atoms with E-state index in [1.165, 1.54) is 180 Å². The topological polar surface area (TPSA) is 219 Å². The van der Waals surface area contributed by atoms with Crippen molar-refractivity contribution in [3.05, 3.63) is 95.1 Å². The molecule has 3 fully saturated rings. The van der Waals surface area contributed by atoms with Gasteiger partial charge in [-0.15, -0.1) is 0 Å². The molecule has 0 spiro atoms. The summed E-state index contributed by atoms with van der Waals surface area (Å²) < 4.78 is 38.6. The van der Waals surface area contributed by atoms with Gasteiger partial charge in [0.15, 0.2) is 5.60 Å². The number of Topliss-reactive ketones (excluding diaryl/α,β-unsaturated/α-hetero) is 1. The molecule has 17 heteroatoms. The summed E-state index contributed by atoms with van der Waals surface area (Å²) in [5.74, 6) is -6.66. The van der Waals surface area contributed by atoms with Crippen molar-refractivity contribution in [3.8, 4) is 0 Å². The number of esters is 4. The van der Waals surface area contributed by atoms with Crippen LogP contribution in [0.3, 0.4) is 0 Å². The fourth-order valence-electron chi connectivity index (χ4n) is 17.5. The Morgan fingerprint density at radius 3 is 1.66 bits per heavy atom. The molecule has 12 atom stereocenters. The molecule has 2 amide bonds. The summed E-state index contributed by atoms with van der Waals surface area (Å²) >= 11 is 0. The van der Waals surface area contributed by atoms with E-state index in [4.69, 9.17) is 28.4 Å². The van der Waals surface area contributed by atoms with Crippen LogP contribution in [-0.4, -0.2) is 132 Å². The van der Waals surface area contributed by atoms with Gasteiger partial charge in [-0.05, 0) is 120 Å². The highest BCUT2D eigenvalue weighted by Crippen LogP contribution is 2.66. The largest absolute Gasteiger partial charge is 0.455 e. The number of allylic oxidation sites excluding steroid dienone is 2. The Labute approximate surface area is 632 Å². The zero-order chi connectivity index (χ0) is 76.7. The van der Waals surface area contributed by atoms with Crippen LogP contribution in [0, 0.1) is 28.6 Å².